The van der Waals surface area contributed by atoms with Crippen molar-refractivity contribution in [1.29, 1.82) is 0 Å². The normalized spacial score (nSPS) is 16.2. The van der Waals surface area contributed by atoms with E-state index in [0.29, 0.717) is 11.3 Å². The molecule has 5 nitrogen and oxygen atoms in total. The number of rotatable bonds is 3. The van der Waals surface area contributed by atoms with Gasteiger partial charge < -0.3 is 0 Å². The number of halogens is 1. The highest BCUT2D eigenvalue weighted by atomic mass is 79.9. The Morgan fingerprint density at radius 2 is 1.77 bits per heavy atom. The zero-order chi connectivity index (χ0) is 18.8. The van der Waals surface area contributed by atoms with E-state index in [1.807, 2.05) is 37.4 Å². The number of hydrogen-bond acceptors (Lipinski definition) is 4. The Balaban J connectivity index is 1.99. The monoisotopic (exact) mass is 430 g/mol. The Bertz CT molecular complexity index is 938. The molecule has 26 heavy (non-hydrogen) atoms. The molecule has 1 aliphatic heterocycles. The van der Waals surface area contributed by atoms with Crippen molar-refractivity contribution in [1.82, 2.24) is 5.32 Å². The molecule has 1 N–H and O–H groups in total. The molecule has 1 heterocycles. The molecule has 0 atom stereocenters. The Labute approximate surface area is 163 Å². The average molecular weight is 431 g/mol. The van der Waals surface area contributed by atoms with Gasteiger partial charge in [-0.1, -0.05) is 28.1 Å². The summed E-state index contributed by atoms with van der Waals surface area (Å²) in [6, 6.07) is 11.8. The van der Waals surface area contributed by atoms with Crippen LogP contribution in [0.1, 0.15) is 11.1 Å². The van der Waals surface area contributed by atoms with Crippen LogP contribution in [0.4, 0.5) is 10.5 Å². The van der Waals surface area contributed by atoms with Gasteiger partial charge in [0.15, 0.2) is 0 Å². The lowest BCUT2D eigenvalue weighted by Crippen LogP contribution is -2.54. The number of carbonyl (C=O) groups excluding carboxylic acids is 3. The quantitative estimate of drug-likeness (QED) is 0.451. The Hall–Kier alpha value is -2.38. The molecule has 3 rings (SSSR count). The summed E-state index contributed by atoms with van der Waals surface area (Å²) in [4.78, 5) is 39.3. The molecule has 0 unspecified atom stereocenters. The highest BCUT2D eigenvalue weighted by molar-refractivity contribution is 9.10. The van der Waals surface area contributed by atoms with Crippen LogP contribution in [0.3, 0.4) is 0 Å². The summed E-state index contributed by atoms with van der Waals surface area (Å²) in [5.74, 6) is -1.34. The number of benzene rings is 2. The van der Waals surface area contributed by atoms with Gasteiger partial charge in [0.05, 0.1) is 5.69 Å². The van der Waals surface area contributed by atoms with Gasteiger partial charge in [0, 0.05) is 9.37 Å². The molecular weight excluding hydrogens is 416 g/mol. The van der Waals surface area contributed by atoms with Crippen molar-refractivity contribution in [2.45, 2.75) is 11.8 Å². The molecule has 7 heteroatoms. The van der Waals surface area contributed by atoms with Gasteiger partial charge in [0.1, 0.15) is 5.57 Å². The summed E-state index contributed by atoms with van der Waals surface area (Å²) in [6.45, 7) is 1.86. The number of aryl methyl sites for hydroxylation is 1. The molecule has 0 spiro atoms. The molecule has 0 bridgehead atoms. The zero-order valence-corrected chi connectivity index (χ0v) is 16.5. The number of carbonyl (C=O) groups is 3. The SMILES string of the molecule is CSc1ccc(/C=C2\C(=O)NC(=O)N(c3ccc(Br)c(C)c3)C2=O)cc1. The average Bonchev–Trinajstić information content (AvgIpc) is 2.62. The fourth-order valence-corrected chi connectivity index (χ4v) is 3.18. The maximum absolute atomic E-state index is 12.8. The smallest absolute Gasteiger partial charge is 0.273 e. The van der Waals surface area contributed by atoms with E-state index >= 15 is 0 Å². The van der Waals surface area contributed by atoms with Gasteiger partial charge in [-0.3, -0.25) is 14.9 Å². The Kier molecular flexibility index (Phi) is 5.29. The van der Waals surface area contributed by atoms with Gasteiger partial charge in [0.25, 0.3) is 11.8 Å². The van der Waals surface area contributed by atoms with E-state index in [-0.39, 0.29) is 5.57 Å². The topological polar surface area (TPSA) is 66.5 Å². The van der Waals surface area contributed by atoms with Crippen LogP contribution in [0.15, 0.2) is 57.4 Å². The summed E-state index contributed by atoms with van der Waals surface area (Å²) < 4.78 is 0.867. The number of hydrogen-bond donors (Lipinski definition) is 1. The van der Waals surface area contributed by atoms with Crippen molar-refractivity contribution in [3.05, 3.63) is 63.6 Å². The summed E-state index contributed by atoms with van der Waals surface area (Å²) in [6.07, 6.45) is 3.46. The van der Waals surface area contributed by atoms with Crippen LogP contribution in [-0.4, -0.2) is 24.1 Å². The summed E-state index contributed by atoms with van der Waals surface area (Å²) in [5, 5.41) is 2.23. The fraction of sp³-hybridized carbons (Fsp3) is 0.105. The van der Waals surface area contributed by atoms with Gasteiger partial charge in [0.2, 0.25) is 0 Å². The van der Waals surface area contributed by atoms with E-state index in [4.69, 9.17) is 0 Å². The van der Waals surface area contributed by atoms with Gasteiger partial charge in [-0.15, -0.1) is 11.8 Å². The van der Waals surface area contributed by atoms with Crippen molar-refractivity contribution >= 4 is 57.3 Å². The first-order chi connectivity index (χ1) is 12.4. The lowest BCUT2D eigenvalue weighted by molar-refractivity contribution is -0.122. The Morgan fingerprint density at radius 3 is 2.38 bits per heavy atom. The first kappa shape index (κ1) is 18.4. The number of thioether (sulfide) groups is 1. The molecule has 132 valence electrons. The number of anilines is 1. The lowest BCUT2D eigenvalue weighted by Gasteiger charge is -2.26. The van der Waals surface area contributed by atoms with Crippen LogP contribution in [0.2, 0.25) is 0 Å². The second-order valence-electron chi connectivity index (χ2n) is 5.66. The van der Waals surface area contributed by atoms with Crippen LogP contribution < -0.4 is 10.2 Å². The molecule has 1 saturated heterocycles. The lowest BCUT2D eigenvalue weighted by atomic mass is 10.1. The van der Waals surface area contributed by atoms with Gasteiger partial charge >= 0.3 is 6.03 Å². The summed E-state index contributed by atoms with van der Waals surface area (Å²) in [7, 11) is 0. The van der Waals surface area contributed by atoms with E-state index in [2.05, 4.69) is 21.2 Å². The van der Waals surface area contributed by atoms with Gasteiger partial charge in [-0.05, 0) is 60.7 Å². The van der Waals surface area contributed by atoms with Crippen LogP contribution in [-0.2, 0) is 9.59 Å². The number of nitrogens with zero attached hydrogens (tertiary/aromatic N) is 1. The highest BCUT2D eigenvalue weighted by Crippen LogP contribution is 2.26. The summed E-state index contributed by atoms with van der Waals surface area (Å²) >= 11 is 4.99. The minimum atomic E-state index is -0.753. The van der Waals surface area contributed by atoms with Gasteiger partial charge in [-0.25, -0.2) is 9.69 Å². The molecule has 0 aliphatic carbocycles. The standard InChI is InChI=1S/C19H15BrN2O3S/c1-11-9-13(5-8-16(11)20)22-18(24)15(17(23)21-19(22)25)10-12-3-6-14(26-2)7-4-12/h3-10H,1-2H3,(H,21,23,25)/b15-10+. The predicted octanol–water partition coefficient (Wildman–Crippen LogP) is 4.15. The second-order valence-corrected chi connectivity index (χ2v) is 7.40. The third kappa shape index (κ3) is 3.59. The number of nitrogens with one attached hydrogen (secondary N) is 1. The van der Waals surface area contributed by atoms with Crippen LogP contribution in [0.25, 0.3) is 6.08 Å². The zero-order valence-electron chi connectivity index (χ0n) is 14.1. The van der Waals surface area contributed by atoms with E-state index < -0.39 is 17.8 Å². The van der Waals surface area contributed by atoms with E-state index in [0.717, 1.165) is 19.8 Å². The van der Waals surface area contributed by atoms with Crippen molar-refractivity contribution in [3.8, 4) is 0 Å². The van der Waals surface area contributed by atoms with E-state index in [1.54, 1.807) is 30.0 Å². The van der Waals surface area contributed by atoms with Crippen molar-refractivity contribution in [2.75, 3.05) is 11.2 Å². The second kappa shape index (κ2) is 7.47. The maximum Gasteiger partial charge on any atom is 0.335 e. The molecule has 1 fully saturated rings. The third-order valence-electron chi connectivity index (χ3n) is 3.93. The largest absolute Gasteiger partial charge is 0.335 e. The minimum absolute atomic E-state index is 0.0814. The predicted molar refractivity (Wildman–Crippen MR) is 106 cm³/mol. The first-order valence-corrected chi connectivity index (χ1v) is 9.74. The number of urea groups is 1. The molecule has 0 aromatic heterocycles. The van der Waals surface area contributed by atoms with Crippen molar-refractivity contribution in [2.24, 2.45) is 0 Å². The van der Waals surface area contributed by atoms with Crippen LogP contribution >= 0.6 is 27.7 Å². The van der Waals surface area contributed by atoms with Gasteiger partial charge in [-0.2, -0.15) is 0 Å². The summed E-state index contributed by atoms with van der Waals surface area (Å²) in [5.41, 5.74) is 1.91. The van der Waals surface area contributed by atoms with E-state index in [9.17, 15) is 14.4 Å². The molecule has 0 radical (unpaired) electrons. The number of barbiturate groups is 1. The molecule has 0 saturated carbocycles. The van der Waals surface area contributed by atoms with Crippen LogP contribution in [0, 0.1) is 6.92 Å². The fourth-order valence-electron chi connectivity index (χ4n) is 2.53. The molecule has 4 amide bonds. The van der Waals surface area contributed by atoms with Crippen molar-refractivity contribution in [3.63, 3.8) is 0 Å². The molecule has 2 aromatic carbocycles. The number of imide groups is 2. The molecule has 2 aromatic rings. The van der Waals surface area contributed by atoms with Crippen molar-refractivity contribution < 1.29 is 14.4 Å². The minimum Gasteiger partial charge on any atom is -0.273 e. The molecule has 1 aliphatic rings. The first-order valence-electron chi connectivity index (χ1n) is 7.72. The number of amides is 4. The molecular formula is C19H15BrN2O3S. The third-order valence-corrected chi connectivity index (χ3v) is 5.56. The Morgan fingerprint density at radius 1 is 1.08 bits per heavy atom. The maximum atomic E-state index is 12.8. The van der Waals surface area contributed by atoms with Crippen LogP contribution in [0.5, 0.6) is 0 Å². The highest BCUT2D eigenvalue weighted by Gasteiger charge is 2.36. The van der Waals surface area contributed by atoms with E-state index in [1.165, 1.54) is 6.08 Å².